The zero-order valence-corrected chi connectivity index (χ0v) is 23.6. The van der Waals surface area contributed by atoms with E-state index in [1.54, 1.807) is 11.9 Å². The molecule has 0 radical (unpaired) electrons. The average molecular weight is 560 g/mol. The Bertz CT molecular complexity index is 1190. The van der Waals surface area contributed by atoms with E-state index in [0.717, 1.165) is 56.2 Å². The van der Waals surface area contributed by atoms with Crippen LogP contribution >= 0.6 is 0 Å². The molecule has 2 atom stereocenters. The van der Waals surface area contributed by atoms with Crippen LogP contribution in [0.5, 0.6) is 0 Å². The molecule has 11 heteroatoms. The number of fused-ring (bicyclic) bond motifs is 2. The maximum atomic E-state index is 13.7. The van der Waals surface area contributed by atoms with E-state index >= 15 is 0 Å². The van der Waals surface area contributed by atoms with Crippen molar-refractivity contribution in [3.05, 3.63) is 35.5 Å². The van der Waals surface area contributed by atoms with Gasteiger partial charge in [0.1, 0.15) is 11.4 Å². The third kappa shape index (κ3) is 6.14. The second kappa shape index (κ2) is 11.8. The highest BCUT2D eigenvalue weighted by molar-refractivity contribution is 5.79. The third-order valence-corrected chi connectivity index (χ3v) is 8.82. The summed E-state index contributed by atoms with van der Waals surface area (Å²) in [5, 5.41) is 5.99. The molecule has 1 aromatic carbocycles. The minimum absolute atomic E-state index is 0.101. The van der Waals surface area contributed by atoms with Crippen molar-refractivity contribution in [2.24, 2.45) is 5.92 Å². The molecule has 40 heavy (non-hydrogen) atoms. The number of carbonyl (C=O) groups is 1. The fourth-order valence-electron chi connectivity index (χ4n) is 6.02. The molecule has 2 N–H and O–H groups in total. The Morgan fingerprint density at radius 3 is 2.50 bits per heavy atom. The van der Waals surface area contributed by atoms with E-state index in [2.05, 4.69) is 56.5 Å². The summed E-state index contributed by atoms with van der Waals surface area (Å²) in [4.78, 5) is 27.1. The molecule has 2 saturated heterocycles. The number of aromatic nitrogens is 2. The number of halogens is 3. The fourth-order valence-corrected chi connectivity index (χ4v) is 6.02. The second-order valence-corrected chi connectivity index (χ2v) is 11.4. The molecule has 1 amide bonds. The first-order valence-electron chi connectivity index (χ1n) is 14.4. The summed E-state index contributed by atoms with van der Waals surface area (Å²) in [7, 11) is 3.96. The van der Waals surface area contributed by atoms with Crippen LogP contribution in [-0.4, -0.2) is 78.0 Å². The quantitative estimate of drug-likeness (QED) is 0.390. The number of rotatable bonds is 10. The van der Waals surface area contributed by atoms with Crippen LogP contribution in [0, 0.1) is 5.92 Å². The van der Waals surface area contributed by atoms with Crippen molar-refractivity contribution < 1.29 is 18.0 Å². The van der Waals surface area contributed by atoms with Crippen molar-refractivity contribution in [1.82, 2.24) is 19.8 Å². The predicted octanol–water partition coefficient (Wildman–Crippen LogP) is 5.14. The Morgan fingerprint density at radius 2 is 1.88 bits per heavy atom. The van der Waals surface area contributed by atoms with Gasteiger partial charge >= 0.3 is 6.18 Å². The molecule has 3 fully saturated rings. The van der Waals surface area contributed by atoms with Gasteiger partial charge in [0, 0.05) is 68.8 Å². The topological polar surface area (TPSA) is 76.6 Å². The van der Waals surface area contributed by atoms with Crippen LogP contribution in [0.4, 0.5) is 36.3 Å². The molecule has 1 aliphatic carbocycles. The van der Waals surface area contributed by atoms with Crippen LogP contribution in [0.2, 0.25) is 0 Å². The van der Waals surface area contributed by atoms with Gasteiger partial charge in [-0.3, -0.25) is 9.69 Å². The summed E-state index contributed by atoms with van der Waals surface area (Å²) in [6.07, 6.45) is 2.89. The van der Waals surface area contributed by atoms with Crippen molar-refractivity contribution in [2.45, 2.75) is 70.1 Å². The second-order valence-electron chi connectivity index (χ2n) is 11.4. The first-order chi connectivity index (χ1) is 19.1. The lowest BCUT2D eigenvalue weighted by atomic mass is 9.84. The first-order valence-corrected chi connectivity index (χ1v) is 14.4. The zero-order valence-electron chi connectivity index (χ0n) is 23.6. The highest BCUT2D eigenvalue weighted by Gasteiger charge is 2.38. The molecule has 3 aliphatic rings. The Balaban J connectivity index is 1.25. The Morgan fingerprint density at radius 1 is 1.15 bits per heavy atom. The predicted molar refractivity (Wildman–Crippen MR) is 151 cm³/mol. The Hall–Kier alpha value is -3.08. The van der Waals surface area contributed by atoms with Crippen molar-refractivity contribution in [1.29, 1.82) is 0 Å². The van der Waals surface area contributed by atoms with Gasteiger partial charge < -0.3 is 20.4 Å². The van der Waals surface area contributed by atoms with Crippen molar-refractivity contribution in [3.63, 3.8) is 0 Å². The van der Waals surface area contributed by atoms with E-state index in [9.17, 15) is 18.0 Å². The normalized spacial score (nSPS) is 21.3. The Labute approximate surface area is 234 Å². The molecule has 3 heterocycles. The molecular weight excluding hydrogens is 519 g/mol. The molecule has 0 spiro atoms. The number of benzene rings is 1. The molecule has 2 bridgehead atoms. The van der Waals surface area contributed by atoms with E-state index in [-0.39, 0.29) is 30.1 Å². The highest BCUT2D eigenvalue weighted by Crippen LogP contribution is 2.36. The highest BCUT2D eigenvalue weighted by atomic mass is 19.4. The summed E-state index contributed by atoms with van der Waals surface area (Å²) in [6.45, 7) is 4.80. The van der Waals surface area contributed by atoms with Crippen molar-refractivity contribution >= 4 is 29.0 Å². The smallest absolute Gasteiger partial charge is 0.369 e. The molecule has 5 rings (SSSR count). The van der Waals surface area contributed by atoms with Gasteiger partial charge in [0.2, 0.25) is 11.9 Å². The maximum Gasteiger partial charge on any atom is 0.421 e. The van der Waals surface area contributed by atoms with Gasteiger partial charge in [-0.15, -0.1) is 0 Å². The van der Waals surface area contributed by atoms with Gasteiger partial charge in [0.25, 0.3) is 0 Å². The maximum absolute atomic E-state index is 13.7. The lowest BCUT2D eigenvalue weighted by Crippen LogP contribution is -2.52. The summed E-state index contributed by atoms with van der Waals surface area (Å²) in [6, 6.07) is 7.36. The number of nitrogens with one attached hydrogen (secondary N) is 2. The van der Waals surface area contributed by atoms with E-state index in [1.165, 1.54) is 18.5 Å². The number of aryl methyl sites for hydroxylation is 1. The van der Waals surface area contributed by atoms with Gasteiger partial charge in [-0.25, -0.2) is 4.98 Å². The number of hydrogen-bond acceptors (Lipinski definition) is 7. The van der Waals surface area contributed by atoms with Crippen LogP contribution < -0.4 is 15.5 Å². The molecule has 2 aliphatic heterocycles. The molecule has 8 nitrogen and oxygen atoms in total. The van der Waals surface area contributed by atoms with Gasteiger partial charge in [0.05, 0.1) is 0 Å². The lowest BCUT2D eigenvalue weighted by molar-refractivity contribution is -0.137. The van der Waals surface area contributed by atoms with E-state index in [4.69, 9.17) is 0 Å². The van der Waals surface area contributed by atoms with Crippen LogP contribution in [0.25, 0.3) is 0 Å². The number of likely N-dealkylation sites (N-methyl/N-ethyl adjacent to an activating group) is 1. The molecule has 2 aromatic rings. The largest absolute Gasteiger partial charge is 0.421 e. The van der Waals surface area contributed by atoms with Crippen LogP contribution in [0.1, 0.15) is 56.6 Å². The third-order valence-electron chi connectivity index (χ3n) is 8.82. The number of hydrogen-bond donors (Lipinski definition) is 2. The first kappa shape index (κ1) is 28.4. The van der Waals surface area contributed by atoms with Gasteiger partial charge in [-0.05, 0) is 69.3 Å². The zero-order chi connectivity index (χ0) is 28.4. The summed E-state index contributed by atoms with van der Waals surface area (Å²) in [5.41, 5.74) is 2.10. The SMILES string of the molecule is CCc1cc(N2C[C@H]3CC[C@@H](C2)N3C)ccc1Nc1ncc(C(F)(F)F)c(NCCCN(C)C(=O)C2CCC2)n1. The monoisotopic (exact) mass is 559 g/mol. The number of nitrogens with zero attached hydrogens (tertiary/aromatic N) is 5. The molecule has 1 aromatic heterocycles. The number of carbonyl (C=O) groups excluding carboxylic acids is 1. The van der Waals surface area contributed by atoms with E-state index < -0.39 is 11.7 Å². The van der Waals surface area contributed by atoms with E-state index in [1.807, 2.05) is 6.07 Å². The molecule has 0 unspecified atom stereocenters. The van der Waals surface area contributed by atoms with Gasteiger partial charge in [-0.1, -0.05) is 13.3 Å². The van der Waals surface area contributed by atoms with Gasteiger partial charge in [-0.2, -0.15) is 18.2 Å². The minimum Gasteiger partial charge on any atom is -0.369 e. The average Bonchev–Trinajstić information content (AvgIpc) is 3.09. The summed E-state index contributed by atoms with van der Waals surface area (Å²) >= 11 is 0. The number of amides is 1. The molecule has 218 valence electrons. The number of anilines is 4. The van der Waals surface area contributed by atoms with Crippen LogP contribution in [-0.2, 0) is 17.4 Å². The minimum atomic E-state index is -4.59. The summed E-state index contributed by atoms with van der Waals surface area (Å²) in [5.74, 6) is 0.0611. The molecular formula is C29H40F3N7O. The fraction of sp³-hybridized carbons (Fsp3) is 0.621. The molecule has 1 saturated carbocycles. The van der Waals surface area contributed by atoms with Crippen molar-refractivity contribution in [3.8, 4) is 0 Å². The lowest BCUT2D eigenvalue weighted by Gasteiger charge is -2.40. The Kier molecular flexibility index (Phi) is 8.39. The van der Waals surface area contributed by atoms with E-state index in [0.29, 0.717) is 25.0 Å². The number of alkyl halides is 3. The van der Waals surface area contributed by atoms with Crippen LogP contribution in [0.3, 0.4) is 0 Å². The standard InChI is InChI=1S/C29H40F3N7O/c1-4-19-15-21(39-17-22-9-10-23(18-39)38(22)3)11-12-25(19)35-28-34-16-24(29(30,31)32)26(36-28)33-13-6-14-37(2)27(40)20-7-5-8-20/h11-12,15-16,20,22-23H,4-10,13-14,17-18H2,1-3H3,(H2,33,34,35,36)/t22-,23+. The van der Waals surface area contributed by atoms with Gasteiger partial charge in [0.15, 0.2) is 0 Å². The van der Waals surface area contributed by atoms with Crippen molar-refractivity contribution in [2.75, 3.05) is 55.8 Å². The summed E-state index contributed by atoms with van der Waals surface area (Å²) < 4.78 is 41.1. The van der Waals surface area contributed by atoms with Crippen LogP contribution in [0.15, 0.2) is 24.4 Å². The number of piperazine rings is 1.